The number of aromatic nitrogens is 4. The molecule has 12 nitrogen and oxygen atoms in total. The van der Waals surface area contributed by atoms with Crippen LogP contribution in [0.3, 0.4) is 0 Å². The molecule has 4 heterocycles. The summed E-state index contributed by atoms with van der Waals surface area (Å²) in [6.07, 6.45) is -4.55. The van der Waals surface area contributed by atoms with Gasteiger partial charge in [-0.1, -0.05) is 0 Å². The molecule has 4 rings (SSSR count). The molecule has 0 spiro atoms. The molecule has 3 atom stereocenters. The lowest BCUT2D eigenvalue weighted by Gasteiger charge is -2.29. The number of carbonyl (C=O) groups excluding carboxylic acids is 2. The van der Waals surface area contributed by atoms with Gasteiger partial charge < -0.3 is 30.5 Å². The summed E-state index contributed by atoms with van der Waals surface area (Å²) >= 11 is 0. The summed E-state index contributed by atoms with van der Waals surface area (Å²) in [5, 5.41) is 16.2. The van der Waals surface area contributed by atoms with E-state index in [1.807, 2.05) is 0 Å². The van der Waals surface area contributed by atoms with Gasteiger partial charge in [-0.25, -0.2) is 18.9 Å². The Morgan fingerprint density at radius 1 is 1.18 bits per heavy atom. The van der Waals surface area contributed by atoms with Crippen molar-refractivity contribution in [2.75, 3.05) is 33.0 Å². The molecule has 1 saturated heterocycles. The van der Waals surface area contributed by atoms with Crippen molar-refractivity contribution < 1.29 is 41.7 Å². The van der Waals surface area contributed by atoms with E-state index in [1.54, 1.807) is 6.07 Å². The first kappa shape index (κ1) is 26.8. The van der Waals surface area contributed by atoms with Crippen LogP contribution in [0.4, 0.5) is 23.4 Å². The Bertz CT molecular complexity index is 1390. The Kier molecular flexibility index (Phi) is 6.77. The van der Waals surface area contributed by atoms with Crippen LogP contribution in [0.15, 0.2) is 24.7 Å². The SMILES string of the molecule is COc1ncc(-c2cc(OC)c3c(N)ncnn23)cc1C(=O)N[C@@H]1CN(C(=O)C(C)(O)C(F)(F)F)C[C@@H]1F. The molecule has 0 aliphatic carbocycles. The topological polar surface area (TPSA) is 157 Å². The summed E-state index contributed by atoms with van der Waals surface area (Å²) in [7, 11) is 2.68. The van der Waals surface area contributed by atoms with Crippen LogP contribution in [0, 0.1) is 0 Å². The third-order valence-corrected chi connectivity index (χ3v) is 6.17. The molecule has 38 heavy (non-hydrogen) atoms. The van der Waals surface area contributed by atoms with Crippen LogP contribution in [-0.4, -0.2) is 92.7 Å². The van der Waals surface area contributed by atoms with Gasteiger partial charge in [-0.3, -0.25) is 9.59 Å². The quantitative estimate of drug-likeness (QED) is 0.387. The predicted octanol–water partition coefficient (Wildman–Crippen LogP) is 0.983. The number of ether oxygens (including phenoxy) is 2. The van der Waals surface area contributed by atoms with Gasteiger partial charge in [0.1, 0.15) is 23.6 Å². The van der Waals surface area contributed by atoms with Crippen LogP contribution in [-0.2, 0) is 4.79 Å². The summed E-state index contributed by atoms with van der Waals surface area (Å²) < 4.78 is 65.8. The number of halogens is 4. The molecule has 0 saturated carbocycles. The van der Waals surface area contributed by atoms with E-state index in [1.165, 1.54) is 37.3 Å². The normalized spacial score (nSPS) is 19.3. The van der Waals surface area contributed by atoms with Gasteiger partial charge in [0.15, 0.2) is 11.6 Å². The lowest BCUT2D eigenvalue weighted by atomic mass is 10.1. The van der Waals surface area contributed by atoms with Gasteiger partial charge in [0.25, 0.3) is 11.8 Å². The Hall–Kier alpha value is -4.21. The molecule has 3 aromatic heterocycles. The molecule has 0 radical (unpaired) electrons. The summed E-state index contributed by atoms with van der Waals surface area (Å²) in [6, 6.07) is 1.63. The fraction of sp³-hybridized carbons (Fsp3) is 0.409. The summed E-state index contributed by atoms with van der Waals surface area (Å²) in [5.74, 6) is -2.20. The Morgan fingerprint density at radius 2 is 1.89 bits per heavy atom. The van der Waals surface area contributed by atoms with Crippen LogP contribution in [0.2, 0.25) is 0 Å². The van der Waals surface area contributed by atoms with Gasteiger partial charge in [-0.05, 0) is 13.0 Å². The number of nitrogens with one attached hydrogen (secondary N) is 1. The largest absolute Gasteiger partial charge is 0.494 e. The second-order valence-corrected chi connectivity index (χ2v) is 8.66. The molecule has 16 heteroatoms. The van der Waals surface area contributed by atoms with Crippen LogP contribution in [0.25, 0.3) is 16.8 Å². The Balaban J connectivity index is 1.61. The van der Waals surface area contributed by atoms with E-state index in [0.29, 0.717) is 27.4 Å². The fourth-order valence-electron chi connectivity index (χ4n) is 4.05. The van der Waals surface area contributed by atoms with E-state index in [9.17, 15) is 32.3 Å². The number of likely N-dealkylation sites (tertiary alicyclic amines) is 1. The number of anilines is 1. The molecular weight excluding hydrogens is 518 g/mol. The number of fused-ring (bicyclic) bond motifs is 1. The number of alkyl halides is 4. The zero-order chi connectivity index (χ0) is 28.0. The first-order chi connectivity index (χ1) is 17.8. The van der Waals surface area contributed by atoms with E-state index in [4.69, 9.17) is 15.2 Å². The molecule has 2 amide bonds. The highest BCUT2D eigenvalue weighted by atomic mass is 19.4. The fourth-order valence-corrected chi connectivity index (χ4v) is 4.05. The number of pyridine rings is 1. The molecule has 1 fully saturated rings. The molecule has 3 aromatic rings. The maximum Gasteiger partial charge on any atom is 0.426 e. The second-order valence-electron chi connectivity index (χ2n) is 8.66. The number of nitrogen functional groups attached to an aromatic ring is 1. The first-order valence-corrected chi connectivity index (χ1v) is 11.0. The minimum absolute atomic E-state index is 0.116. The van der Waals surface area contributed by atoms with Crippen LogP contribution < -0.4 is 20.5 Å². The smallest absolute Gasteiger partial charge is 0.426 e. The summed E-state index contributed by atoms with van der Waals surface area (Å²) in [4.78, 5) is 33.9. The van der Waals surface area contributed by atoms with Gasteiger partial charge in [-0.15, -0.1) is 0 Å². The lowest BCUT2D eigenvalue weighted by Crippen LogP contribution is -2.56. The van der Waals surface area contributed by atoms with Crippen molar-refractivity contribution in [1.82, 2.24) is 29.8 Å². The standard InChI is InChI=1S/C22H23F4N7O5/c1-21(36,22(24,25)26)20(35)32-7-12(23)13(8-32)31-18(34)11-4-10(6-28-19(11)38-3)14-5-15(37-2)16-17(27)29-9-30-33(14)16/h4-6,9,12-13,36H,7-8H2,1-3H3,(H,31,34)(H2,27,29,30)/t12-,13+,21?/m0/s1. The zero-order valence-corrected chi connectivity index (χ0v) is 20.3. The Morgan fingerprint density at radius 3 is 2.53 bits per heavy atom. The van der Waals surface area contributed by atoms with Crippen molar-refractivity contribution in [1.29, 1.82) is 0 Å². The maximum atomic E-state index is 14.7. The number of amides is 2. The van der Waals surface area contributed by atoms with E-state index in [0.717, 1.165) is 0 Å². The number of methoxy groups -OCH3 is 2. The van der Waals surface area contributed by atoms with Crippen molar-refractivity contribution in [2.24, 2.45) is 0 Å². The lowest BCUT2D eigenvalue weighted by molar-refractivity contribution is -0.249. The van der Waals surface area contributed by atoms with Gasteiger partial charge >= 0.3 is 6.18 Å². The van der Waals surface area contributed by atoms with Crippen molar-refractivity contribution in [2.45, 2.75) is 30.9 Å². The van der Waals surface area contributed by atoms with Gasteiger partial charge in [-0.2, -0.15) is 18.3 Å². The molecular formula is C22H23F4N7O5. The van der Waals surface area contributed by atoms with Crippen molar-refractivity contribution >= 4 is 23.1 Å². The third-order valence-electron chi connectivity index (χ3n) is 6.17. The summed E-state index contributed by atoms with van der Waals surface area (Å²) in [5.41, 5.74) is 3.27. The van der Waals surface area contributed by atoms with Crippen LogP contribution >= 0.6 is 0 Å². The third kappa shape index (κ3) is 4.51. The van der Waals surface area contributed by atoms with Crippen molar-refractivity contribution in [3.63, 3.8) is 0 Å². The molecule has 4 N–H and O–H groups in total. The minimum Gasteiger partial charge on any atom is -0.494 e. The number of carbonyl (C=O) groups is 2. The highest BCUT2D eigenvalue weighted by Gasteiger charge is 2.58. The van der Waals surface area contributed by atoms with E-state index < -0.39 is 48.9 Å². The van der Waals surface area contributed by atoms with Crippen molar-refractivity contribution in [3.05, 3.63) is 30.2 Å². The maximum absolute atomic E-state index is 14.7. The highest BCUT2D eigenvalue weighted by molar-refractivity contribution is 5.98. The van der Waals surface area contributed by atoms with E-state index in [2.05, 4.69) is 20.4 Å². The van der Waals surface area contributed by atoms with Gasteiger partial charge in [0.05, 0.1) is 32.5 Å². The number of hydrogen-bond acceptors (Lipinski definition) is 9. The minimum atomic E-state index is -5.27. The number of nitrogens with zero attached hydrogens (tertiary/aromatic N) is 5. The number of nitrogens with two attached hydrogens (primary N) is 1. The summed E-state index contributed by atoms with van der Waals surface area (Å²) in [6.45, 7) is -1.05. The zero-order valence-electron chi connectivity index (χ0n) is 20.3. The molecule has 1 unspecified atom stereocenters. The monoisotopic (exact) mass is 541 g/mol. The number of aliphatic hydroxyl groups is 1. The molecule has 1 aliphatic heterocycles. The van der Waals surface area contributed by atoms with Crippen LogP contribution in [0.1, 0.15) is 17.3 Å². The van der Waals surface area contributed by atoms with E-state index in [-0.39, 0.29) is 24.2 Å². The molecule has 204 valence electrons. The molecule has 1 aliphatic rings. The average Bonchev–Trinajstić information content (AvgIpc) is 3.43. The first-order valence-electron chi connectivity index (χ1n) is 11.0. The predicted molar refractivity (Wildman–Crippen MR) is 123 cm³/mol. The average molecular weight is 541 g/mol. The van der Waals surface area contributed by atoms with Gasteiger partial charge in [0, 0.05) is 24.4 Å². The molecule has 0 aromatic carbocycles. The highest BCUT2D eigenvalue weighted by Crippen LogP contribution is 2.35. The van der Waals surface area contributed by atoms with Crippen LogP contribution in [0.5, 0.6) is 11.6 Å². The number of hydrogen-bond donors (Lipinski definition) is 3. The molecule has 0 bridgehead atoms. The van der Waals surface area contributed by atoms with Crippen molar-refractivity contribution in [3.8, 4) is 22.9 Å². The van der Waals surface area contributed by atoms with E-state index >= 15 is 0 Å². The van der Waals surface area contributed by atoms with Gasteiger partial charge in [0.2, 0.25) is 11.5 Å². The number of rotatable bonds is 6. The second kappa shape index (κ2) is 9.59. The Labute approximate surface area is 212 Å².